The predicted octanol–water partition coefficient (Wildman–Crippen LogP) is 3.04. The van der Waals surface area contributed by atoms with E-state index in [0.717, 1.165) is 18.7 Å². The number of rotatable bonds is 6. The third-order valence-corrected chi connectivity index (χ3v) is 5.01. The molecular formula is C25H25N5O2. The Labute approximate surface area is 187 Å². The second-order valence-corrected chi connectivity index (χ2v) is 7.57. The highest BCUT2D eigenvalue weighted by Gasteiger charge is 2.16. The van der Waals surface area contributed by atoms with Crippen molar-refractivity contribution in [1.82, 2.24) is 20.3 Å². The maximum absolute atomic E-state index is 12.7. The van der Waals surface area contributed by atoms with Crippen molar-refractivity contribution >= 4 is 11.6 Å². The molecule has 2 heterocycles. The van der Waals surface area contributed by atoms with E-state index in [0.29, 0.717) is 23.2 Å². The first-order chi connectivity index (χ1) is 15.6. The first-order valence-corrected chi connectivity index (χ1v) is 10.5. The number of carbonyl (C=O) groups excluding carboxylic acids is 1. The first-order valence-electron chi connectivity index (χ1n) is 10.5. The number of benzene rings is 2. The van der Waals surface area contributed by atoms with Gasteiger partial charge in [-0.15, -0.1) is 0 Å². The zero-order chi connectivity index (χ0) is 22.3. The van der Waals surface area contributed by atoms with Gasteiger partial charge in [0, 0.05) is 48.9 Å². The van der Waals surface area contributed by atoms with E-state index >= 15 is 0 Å². The summed E-state index contributed by atoms with van der Waals surface area (Å²) in [5.41, 5.74) is 6.14. The molecule has 0 saturated heterocycles. The van der Waals surface area contributed by atoms with E-state index in [9.17, 15) is 9.90 Å². The van der Waals surface area contributed by atoms with Crippen LogP contribution in [0.15, 0.2) is 73.5 Å². The summed E-state index contributed by atoms with van der Waals surface area (Å²) in [5.74, 6) is 6.27. The summed E-state index contributed by atoms with van der Waals surface area (Å²) < 4.78 is 1.98. The second-order valence-electron chi connectivity index (χ2n) is 7.57. The number of aryl methyl sites for hydroxylation is 1. The molecule has 1 aliphatic rings. The summed E-state index contributed by atoms with van der Waals surface area (Å²) in [6.45, 7) is 3.42. The number of hydrazine groups is 1. The second kappa shape index (κ2) is 9.86. The lowest BCUT2D eigenvalue weighted by Crippen LogP contribution is -2.34. The SMILES string of the molecule is CC1C=CN(c2ccc(C(=O)NCCCn3ccnc3)cc2C#Cc2cccc(O)c2)N1. The average Bonchev–Trinajstić information content (AvgIpc) is 3.47. The summed E-state index contributed by atoms with van der Waals surface area (Å²) in [4.78, 5) is 16.7. The Bertz CT molecular complexity index is 1170. The quantitative estimate of drug-likeness (QED) is 0.416. The Balaban J connectivity index is 1.51. The average molecular weight is 428 g/mol. The lowest BCUT2D eigenvalue weighted by Gasteiger charge is -2.20. The van der Waals surface area contributed by atoms with Gasteiger partial charge in [-0.2, -0.15) is 0 Å². The highest BCUT2D eigenvalue weighted by atomic mass is 16.3. The van der Waals surface area contributed by atoms with Gasteiger partial charge in [0.25, 0.3) is 5.91 Å². The van der Waals surface area contributed by atoms with Crippen molar-refractivity contribution in [2.24, 2.45) is 0 Å². The molecule has 0 aliphatic carbocycles. The van der Waals surface area contributed by atoms with Crippen LogP contribution in [0.2, 0.25) is 0 Å². The summed E-state index contributed by atoms with van der Waals surface area (Å²) in [5, 5.41) is 14.6. The molecule has 0 spiro atoms. The molecule has 1 aliphatic heterocycles. The summed E-state index contributed by atoms with van der Waals surface area (Å²) in [7, 11) is 0. The van der Waals surface area contributed by atoms with E-state index in [1.807, 2.05) is 40.2 Å². The molecule has 7 heteroatoms. The number of aromatic nitrogens is 2. The van der Waals surface area contributed by atoms with Crippen molar-refractivity contribution in [3.8, 4) is 17.6 Å². The largest absolute Gasteiger partial charge is 0.508 e. The number of imidazole rings is 1. The van der Waals surface area contributed by atoms with Crippen LogP contribution in [0.1, 0.15) is 34.8 Å². The monoisotopic (exact) mass is 427 g/mol. The van der Waals surface area contributed by atoms with Crippen LogP contribution in [-0.4, -0.2) is 33.2 Å². The van der Waals surface area contributed by atoms with Crippen molar-refractivity contribution < 1.29 is 9.90 Å². The number of hydrogen-bond acceptors (Lipinski definition) is 5. The summed E-state index contributed by atoms with van der Waals surface area (Å²) in [6.07, 6.45) is 10.2. The van der Waals surface area contributed by atoms with Gasteiger partial charge in [-0.1, -0.05) is 17.9 Å². The van der Waals surface area contributed by atoms with E-state index in [2.05, 4.69) is 34.5 Å². The number of nitrogens with zero attached hydrogens (tertiary/aromatic N) is 3. The summed E-state index contributed by atoms with van der Waals surface area (Å²) >= 11 is 0. The third-order valence-electron chi connectivity index (χ3n) is 5.01. The van der Waals surface area contributed by atoms with E-state index in [4.69, 9.17) is 0 Å². The van der Waals surface area contributed by atoms with Crippen LogP contribution in [0.25, 0.3) is 0 Å². The zero-order valence-corrected chi connectivity index (χ0v) is 17.8. The van der Waals surface area contributed by atoms with Crippen LogP contribution in [0.4, 0.5) is 5.69 Å². The Kier molecular flexibility index (Phi) is 6.54. The molecule has 1 aromatic heterocycles. The maximum Gasteiger partial charge on any atom is 0.251 e. The Morgan fingerprint density at radius 3 is 2.91 bits per heavy atom. The molecule has 1 amide bonds. The zero-order valence-electron chi connectivity index (χ0n) is 17.8. The molecule has 7 nitrogen and oxygen atoms in total. The lowest BCUT2D eigenvalue weighted by molar-refractivity contribution is 0.0952. The van der Waals surface area contributed by atoms with E-state index in [-0.39, 0.29) is 17.7 Å². The van der Waals surface area contributed by atoms with E-state index in [1.165, 1.54) is 0 Å². The van der Waals surface area contributed by atoms with Crippen molar-refractivity contribution in [3.63, 3.8) is 0 Å². The standard InChI is InChI=1S/C25H25N5O2/c1-19-10-14-30(28-19)24-9-8-22(25(32)27-11-3-13-29-15-12-26-18-29)17-21(24)7-6-20-4-2-5-23(31)16-20/h2,4-5,8-10,12,14-19,28,31H,3,11,13H2,1H3,(H,27,32). The van der Waals surface area contributed by atoms with Gasteiger partial charge in [0.05, 0.1) is 17.6 Å². The van der Waals surface area contributed by atoms with Crippen molar-refractivity contribution in [2.45, 2.75) is 25.9 Å². The molecule has 0 bridgehead atoms. The van der Waals surface area contributed by atoms with Crippen LogP contribution >= 0.6 is 0 Å². The predicted molar refractivity (Wildman–Crippen MR) is 124 cm³/mol. The number of hydrogen-bond donors (Lipinski definition) is 3. The molecule has 32 heavy (non-hydrogen) atoms. The first kappa shape index (κ1) is 21.2. The van der Waals surface area contributed by atoms with Gasteiger partial charge < -0.3 is 15.0 Å². The van der Waals surface area contributed by atoms with Crippen LogP contribution in [0, 0.1) is 11.8 Å². The van der Waals surface area contributed by atoms with Gasteiger partial charge in [0.1, 0.15) is 5.75 Å². The smallest absolute Gasteiger partial charge is 0.251 e. The van der Waals surface area contributed by atoms with E-state index < -0.39 is 0 Å². The number of carbonyl (C=O) groups is 1. The minimum Gasteiger partial charge on any atom is -0.508 e. The minimum atomic E-state index is -0.138. The number of nitrogens with one attached hydrogen (secondary N) is 2. The molecule has 0 saturated carbocycles. The van der Waals surface area contributed by atoms with Crippen LogP contribution in [0.5, 0.6) is 5.75 Å². The number of amides is 1. The van der Waals surface area contributed by atoms with Crippen molar-refractivity contribution in [1.29, 1.82) is 0 Å². The Morgan fingerprint density at radius 2 is 2.16 bits per heavy atom. The van der Waals surface area contributed by atoms with Crippen LogP contribution in [-0.2, 0) is 6.54 Å². The molecule has 0 radical (unpaired) electrons. The Morgan fingerprint density at radius 1 is 1.25 bits per heavy atom. The number of aromatic hydroxyl groups is 1. The number of phenols is 1. The number of anilines is 1. The molecule has 2 aromatic carbocycles. The highest BCUT2D eigenvalue weighted by molar-refractivity contribution is 5.95. The van der Waals surface area contributed by atoms with Gasteiger partial charge in [0.15, 0.2) is 0 Å². The van der Waals surface area contributed by atoms with Gasteiger partial charge in [-0.05, 0) is 55.8 Å². The Hall–Kier alpha value is -4.02. The maximum atomic E-state index is 12.7. The van der Waals surface area contributed by atoms with Crippen molar-refractivity contribution in [2.75, 3.05) is 11.6 Å². The minimum absolute atomic E-state index is 0.138. The fourth-order valence-electron chi connectivity index (χ4n) is 3.37. The van der Waals surface area contributed by atoms with Crippen LogP contribution < -0.4 is 15.8 Å². The van der Waals surface area contributed by atoms with Gasteiger partial charge in [-0.25, -0.2) is 10.4 Å². The van der Waals surface area contributed by atoms with E-state index in [1.54, 1.807) is 42.9 Å². The molecule has 0 fully saturated rings. The van der Waals surface area contributed by atoms with Gasteiger partial charge in [0.2, 0.25) is 0 Å². The third kappa shape index (κ3) is 5.36. The summed E-state index contributed by atoms with van der Waals surface area (Å²) in [6, 6.07) is 12.5. The van der Waals surface area contributed by atoms with Crippen LogP contribution in [0.3, 0.4) is 0 Å². The lowest BCUT2D eigenvalue weighted by atomic mass is 10.1. The fraction of sp³-hybridized carbons (Fsp3) is 0.200. The fourth-order valence-corrected chi connectivity index (χ4v) is 3.37. The topological polar surface area (TPSA) is 82.4 Å². The van der Waals surface area contributed by atoms with Gasteiger partial charge in [-0.3, -0.25) is 9.80 Å². The molecule has 1 atom stereocenters. The van der Waals surface area contributed by atoms with Gasteiger partial charge >= 0.3 is 0 Å². The molecule has 3 N–H and O–H groups in total. The highest BCUT2D eigenvalue weighted by Crippen LogP contribution is 2.23. The molecule has 3 aromatic rings. The molecular weight excluding hydrogens is 402 g/mol. The number of phenolic OH excluding ortho intramolecular Hbond substituents is 1. The molecule has 4 rings (SSSR count). The molecule has 162 valence electrons. The molecule has 1 unspecified atom stereocenters. The van der Waals surface area contributed by atoms with Crippen molar-refractivity contribution in [3.05, 3.63) is 90.2 Å². The normalized spacial score (nSPS) is 14.8.